The van der Waals surface area contributed by atoms with E-state index in [1.54, 1.807) is 0 Å². The molecule has 2 heteroatoms. The Hall–Kier alpha value is -7.00. The van der Waals surface area contributed by atoms with Crippen LogP contribution in [0.25, 0.3) is 53.6 Å². The van der Waals surface area contributed by atoms with Crippen LogP contribution in [0.1, 0.15) is 22.3 Å². The summed E-state index contributed by atoms with van der Waals surface area (Å²) >= 11 is 1.88. The molecule has 0 saturated heterocycles. The predicted octanol–water partition coefficient (Wildman–Crippen LogP) is 15.2. The molecular weight excluding hydrogens is 707 g/mol. The summed E-state index contributed by atoms with van der Waals surface area (Å²) in [6, 6.07) is 82.4. The van der Waals surface area contributed by atoms with Gasteiger partial charge in [-0.3, -0.25) is 0 Å². The third kappa shape index (κ3) is 5.37. The standard InChI is InChI=1S/C55H37NS/c1-5-18-38(19-6-1)40-34-41(39-20-7-2-8-21-39)36-45(35-40)56(44-24-11-4-12-25-44)52-31-17-28-48-49-37-43(32-33-53(49)57-54(48)52)55(42-22-9-3-10-23-42)50-29-15-13-26-46(50)47-27-14-16-30-51(47)55/h1-37H. The largest absolute Gasteiger partial charge is 0.309 e. The van der Waals surface area contributed by atoms with Crippen LogP contribution >= 0.6 is 11.3 Å². The van der Waals surface area contributed by atoms with Crippen LogP contribution in [0.2, 0.25) is 0 Å². The summed E-state index contributed by atoms with van der Waals surface area (Å²) < 4.78 is 2.54. The molecule has 11 rings (SSSR count). The number of rotatable bonds is 7. The van der Waals surface area contributed by atoms with E-state index in [1.807, 2.05) is 11.3 Å². The molecule has 0 atom stereocenters. The van der Waals surface area contributed by atoms with E-state index in [-0.39, 0.29) is 0 Å². The van der Waals surface area contributed by atoms with Crippen LogP contribution in [-0.2, 0) is 5.41 Å². The van der Waals surface area contributed by atoms with Crippen LogP contribution in [-0.4, -0.2) is 0 Å². The fraction of sp³-hybridized carbons (Fsp3) is 0.0182. The number of hydrogen-bond donors (Lipinski definition) is 0. The first kappa shape index (κ1) is 33.3. The molecule has 1 aliphatic carbocycles. The number of thiophene rings is 1. The lowest BCUT2D eigenvalue weighted by molar-refractivity contribution is 0.770. The van der Waals surface area contributed by atoms with Crippen molar-refractivity contribution in [3.05, 3.63) is 247 Å². The SMILES string of the molecule is c1ccc(-c2cc(-c3ccccc3)cc(N(c3ccccc3)c3cccc4c3sc3ccc(C5(c6ccccc6)c6ccccc6-c6ccccc65)cc34)c2)cc1. The number of nitrogens with zero attached hydrogens (tertiary/aromatic N) is 1. The Morgan fingerprint density at radius 2 is 0.895 bits per heavy atom. The quantitative estimate of drug-likeness (QED) is 0.157. The van der Waals surface area contributed by atoms with Crippen molar-refractivity contribution in [3.63, 3.8) is 0 Å². The van der Waals surface area contributed by atoms with Gasteiger partial charge in [0.2, 0.25) is 0 Å². The third-order valence-corrected chi connectivity index (χ3v) is 12.9. The number of para-hydroxylation sites is 1. The summed E-state index contributed by atoms with van der Waals surface area (Å²) in [7, 11) is 0. The van der Waals surface area contributed by atoms with Gasteiger partial charge in [0.25, 0.3) is 0 Å². The molecule has 0 aliphatic heterocycles. The first-order valence-corrected chi connectivity index (χ1v) is 20.4. The highest BCUT2D eigenvalue weighted by atomic mass is 32.1. The van der Waals surface area contributed by atoms with Crippen LogP contribution in [0, 0.1) is 0 Å². The van der Waals surface area contributed by atoms with E-state index in [9.17, 15) is 0 Å². The average molecular weight is 744 g/mol. The van der Waals surface area contributed by atoms with Crippen LogP contribution in [0.15, 0.2) is 224 Å². The summed E-state index contributed by atoms with van der Waals surface area (Å²) in [5.41, 5.74) is 15.6. The van der Waals surface area contributed by atoms with E-state index in [2.05, 4.69) is 229 Å². The molecule has 0 amide bonds. The molecule has 1 heterocycles. The zero-order valence-corrected chi connectivity index (χ0v) is 32.0. The van der Waals surface area contributed by atoms with Gasteiger partial charge in [-0.15, -0.1) is 11.3 Å². The minimum atomic E-state index is -0.448. The van der Waals surface area contributed by atoms with Crippen LogP contribution in [0.4, 0.5) is 17.1 Å². The lowest BCUT2D eigenvalue weighted by Gasteiger charge is -2.34. The Labute approximate surface area is 337 Å². The van der Waals surface area contributed by atoms with E-state index in [0.717, 1.165) is 11.4 Å². The zero-order valence-electron chi connectivity index (χ0n) is 31.2. The van der Waals surface area contributed by atoms with Gasteiger partial charge in [-0.1, -0.05) is 176 Å². The molecule has 0 N–H and O–H groups in total. The molecule has 0 radical (unpaired) electrons. The van der Waals surface area contributed by atoms with Gasteiger partial charge in [0.05, 0.1) is 15.8 Å². The Bertz CT molecular complexity index is 2950. The van der Waals surface area contributed by atoms with Gasteiger partial charge in [0.1, 0.15) is 0 Å². The number of benzene rings is 9. The van der Waals surface area contributed by atoms with E-state index < -0.39 is 5.41 Å². The summed E-state index contributed by atoms with van der Waals surface area (Å²) in [6.45, 7) is 0. The minimum Gasteiger partial charge on any atom is -0.309 e. The molecule has 1 aromatic heterocycles. The molecule has 0 spiro atoms. The van der Waals surface area contributed by atoms with Gasteiger partial charge in [-0.25, -0.2) is 0 Å². The van der Waals surface area contributed by atoms with Crippen molar-refractivity contribution in [1.29, 1.82) is 0 Å². The maximum Gasteiger partial charge on any atom is 0.0713 e. The molecule has 0 unspecified atom stereocenters. The van der Waals surface area contributed by atoms with Gasteiger partial charge in [0, 0.05) is 26.8 Å². The second-order valence-corrected chi connectivity index (χ2v) is 15.9. The average Bonchev–Trinajstić information content (AvgIpc) is 3.82. The second-order valence-electron chi connectivity index (χ2n) is 14.8. The van der Waals surface area contributed by atoms with E-state index in [1.165, 1.54) is 81.5 Å². The second kappa shape index (κ2) is 13.6. The Morgan fingerprint density at radius 3 is 1.51 bits per heavy atom. The molecule has 0 saturated carbocycles. The molecule has 10 aromatic rings. The van der Waals surface area contributed by atoms with Crippen molar-refractivity contribution in [2.24, 2.45) is 0 Å². The van der Waals surface area contributed by atoms with Crippen LogP contribution < -0.4 is 4.90 Å². The van der Waals surface area contributed by atoms with Gasteiger partial charge in [-0.2, -0.15) is 0 Å². The smallest absolute Gasteiger partial charge is 0.0713 e. The lowest BCUT2D eigenvalue weighted by atomic mass is 9.67. The van der Waals surface area contributed by atoms with Crippen LogP contribution in [0.5, 0.6) is 0 Å². The monoisotopic (exact) mass is 743 g/mol. The Morgan fingerprint density at radius 1 is 0.351 bits per heavy atom. The molecule has 9 aromatic carbocycles. The Kier molecular flexibility index (Phi) is 7.98. The van der Waals surface area contributed by atoms with Crippen molar-refractivity contribution < 1.29 is 0 Å². The first-order valence-electron chi connectivity index (χ1n) is 19.6. The van der Waals surface area contributed by atoms with E-state index in [4.69, 9.17) is 0 Å². The van der Waals surface area contributed by atoms with Crippen LogP contribution in [0.3, 0.4) is 0 Å². The number of anilines is 3. The van der Waals surface area contributed by atoms with E-state index >= 15 is 0 Å². The zero-order chi connectivity index (χ0) is 37.8. The van der Waals surface area contributed by atoms with Crippen molar-refractivity contribution in [1.82, 2.24) is 0 Å². The van der Waals surface area contributed by atoms with Crippen molar-refractivity contribution in [2.45, 2.75) is 5.41 Å². The highest BCUT2D eigenvalue weighted by molar-refractivity contribution is 7.26. The fourth-order valence-electron chi connectivity index (χ4n) is 9.24. The first-order chi connectivity index (χ1) is 28.3. The van der Waals surface area contributed by atoms with Crippen molar-refractivity contribution in [3.8, 4) is 33.4 Å². The lowest BCUT2D eigenvalue weighted by Crippen LogP contribution is -2.28. The molecule has 0 bridgehead atoms. The molecule has 57 heavy (non-hydrogen) atoms. The highest BCUT2D eigenvalue weighted by Gasteiger charge is 2.46. The van der Waals surface area contributed by atoms with Crippen molar-refractivity contribution >= 4 is 48.6 Å². The minimum absolute atomic E-state index is 0.448. The van der Waals surface area contributed by atoms with Gasteiger partial charge < -0.3 is 4.90 Å². The molecule has 268 valence electrons. The van der Waals surface area contributed by atoms with Gasteiger partial charge in [0.15, 0.2) is 0 Å². The number of hydrogen-bond acceptors (Lipinski definition) is 2. The van der Waals surface area contributed by atoms with E-state index in [0.29, 0.717) is 0 Å². The topological polar surface area (TPSA) is 3.24 Å². The number of fused-ring (bicyclic) bond motifs is 6. The van der Waals surface area contributed by atoms with Crippen molar-refractivity contribution in [2.75, 3.05) is 4.90 Å². The maximum absolute atomic E-state index is 2.49. The summed E-state index contributed by atoms with van der Waals surface area (Å²) in [6.07, 6.45) is 0. The Balaban J connectivity index is 1.15. The van der Waals surface area contributed by atoms with Gasteiger partial charge in [-0.05, 0) is 104 Å². The highest BCUT2D eigenvalue weighted by Crippen LogP contribution is 2.57. The predicted molar refractivity (Wildman–Crippen MR) is 242 cm³/mol. The molecule has 1 nitrogen and oxygen atoms in total. The summed E-state index contributed by atoms with van der Waals surface area (Å²) in [5, 5.41) is 2.54. The molecule has 0 fully saturated rings. The maximum atomic E-state index is 2.49. The fourth-order valence-corrected chi connectivity index (χ4v) is 10.4. The third-order valence-electron chi connectivity index (χ3n) is 11.7. The summed E-state index contributed by atoms with van der Waals surface area (Å²) in [5.74, 6) is 0. The summed E-state index contributed by atoms with van der Waals surface area (Å²) in [4.78, 5) is 2.45. The molecular formula is C55H37NS. The van der Waals surface area contributed by atoms with Gasteiger partial charge >= 0.3 is 0 Å². The molecule has 1 aliphatic rings. The normalized spacial score (nSPS) is 12.7.